The first-order valence-corrected chi connectivity index (χ1v) is 8.83. The molecule has 0 saturated carbocycles. The van der Waals surface area contributed by atoms with Crippen LogP contribution in [-0.2, 0) is 9.84 Å². The first-order valence-electron chi connectivity index (χ1n) is 6.42. The quantitative estimate of drug-likeness (QED) is 0.858. The van der Waals surface area contributed by atoms with Crippen molar-refractivity contribution in [3.05, 3.63) is 58.6 Å². The van der Waals surface area contributed by atoms with Crippen LogP contribution in [0.2, 0.25) is 10.0 Å². The van der Waals surface area contributed by atoms with Gasteiger partial charge in [-0.2, -0.15) is 0 Å². The number of benzene rings is 2. The van der Waals surface area contributed by atoms with Gasteiger partial charge in [0.05, 0.1) is 20.7 Å². The average molecular weight is 361 g/mol. The average Bonchev–Trinajstić information content (AvgIpc) is 2.49. The molecule has 0 aliphatic rings. The van der Waals surface area contributed by atoms with Gasteiger partial charge in [-0.25, -0.2) is 8.42 Å². The van der Waals surface area contributed by atoms with Crippen LogP contribution in [-0.4, -0.2) is 32.0 Å². The standard InChI is InChI=1S/C15H14Cl2O4S/c16-14-7-6-12(8-15(14)17)21-9-11(18)10-22(19,20)13-4-2-1-3-5-13/h1-8,11,18H,9-10H2. The van der Waals surface area contributed by atoms with Crippen molar-refractivity contribution < 1.29 is 18.3 Å². The zero-order valence-corrected chi connectivity index (χ0v) is 13.8. The number of hydrogen-bond donors (Lipinski definition) is 1. The van der Waals surface area contributed by atoms with Crippen LogP contribution < -0.4 is 4.74 Å². The smallest absolute Gasteiger partial charge is 0.181 e. The van der Waals surface area contributed by atoms with E-state index in [1.165, 1.54) is 18.2 Å². The Bertz CT molecular complexity index is 732. The number of hydrogen-bond acceptors (Lipinski definition) is 4. The van der Waals surface area contributed by atoms with E-state index in [1.54, 1.807) is 30.3 Å². The van der Waals surface area contributed by atoms with Crippen LogP contribution in [0, 0.1) is 0 Å². The van der Waals surface area contributed by atoms with Gasteiger partial charge in [-0.05, 0) is 24.3 Å². The van der Waals surface area contributed by atoms with E-state index >= 15 is 0 Å². The fourth-order valence-electron chi connectivity index (χ4n) is 1.78. The number of sulfone groups is 1. The summed E-state index contributed by atoms with van der Waals surface area (Å²) in [5.74, 6) is -0.0104. The lowest BCUT2D eigenvalue weighted by Crippen LogP contribution is -2.27. The van der Waals surface area contributed by atoms with Crippen LogP contribution in [0.1, 0.15) is 0 Å². The van der Waals surface area contributed by atoms with Crippen LogP contribution in [0.4, 0.5) is 0 Å². The van der Waals surface area contributed by atoms with Gasteiger partial charge in [-0.1, -0.05) is 41.4 Å². The predicted octanol–water partition coefficient (Wildman–Crippen LogP) is 3.21. The molecule has 2 aromatic carbocycles. The SMILES string of the molecule is O=S(=O)(CC(O)COc1ccc(Cl)c(Cl)c1)c1ccccc1. The van der Waals surface area contributed by atoms with Gasteiger partial charge in [0.15, 0.2) is 9.84 Å². The Balaban J connectivity index is 1.95. The van der Waals surface area contributed by atoms with E-state index in [0.717, 1.165) is 0 Å². The second-order valence-corrected chi connectivity index (χ2v) is 7.48. The van der Waals surface area contributed by atoms with E-state index in [1.807, 2.05) is 0 Å². The Morgan fingerprint density at radius 1 is 1.05 bits per heavy atom. The van der Waals surface area contributed by atoms with Gasteiger partial charge < -0.3 is 9.84 Å². The largest absolute Gasteiger partial charge is 0.491 e. The molecule has 0 spiro atoms. The highest BCUT2D eigenvalue weighted by Gasteiger charge is 2.20. The highest BCUT2D eigenvalue weighted by Crippen LogP contribution is 2.26. The number of halogens is 2. The van der Waals surface area contributed by atoms with Gasteiger partial charge >= 0.3 is 0 Å². The fourth-order valence-corrected chi connectivity index (χ4v) is 3.44. The van der Waals surface area contributed by atoms with Gasteiger partial charge in [-0.3, -0.25) is 0 Å². The second-order valence-electron chi connectivity index (χ2n) is 4.64. The molecule has 0 aliphatic carbocycles. The van der Waals surface area contributed by atoms with Crippen LogP contribution in [0.5, 0.6) is 5.75 Å². The number of rotatable bonds is 6. The third kappa shape index (κ3) is 4.61. The molecule has 2 rings (SSSR count). The molecule has 0 heterocycles. The van der Waals surface area contributed by atoms with Crippen LogP contribution in [0.3, 0.4) is 0 Å². The fraction of sp³-hybridized carbons (Fsp3) is 0.200. The minimum Gasteiger partial charge on any atom is -0.491 e. The summed E-state index contributed by atoms with van der Waals surface area (Å²) >= 11 is 11.6. The van der Waals surface area contributed by atoms with E-state index < -0.39 is 21.7 Å². The molecule has 0 fully saturated rings. The first-order chi connectivity index (χ1) is 10.4. The van der Waals surface area contributed by atoms with Crippen molar-refractivity contribution in [2.45, 2.75) is 11.0 Å². The summed E-state index contributed by atoms with van der Waals surface area (Å²) in [4.78, 5) is 0.170. The molecule has 1 atom stereocenters. The maximum atomic E-state index is 12.1. The minimum absolute atomic E-state index is 0.163. The lowest BCUT2D eigenvalue weighted by molar-refractivity contribution is 0.125. The first kappa shape index (κ1) is 17.1. The third-order valence-corrected chi connectivity index (χ3v) is 5.40. The van der Waals surface area contributed by atoms with Gasteiger partial charge in [0.1, 0.15) is 18.5 Å². The van der Waals surface area contributed by atoms with Crippen molar-refractivity contribution in [1.82, 2.24) is 0 Å². The van der Waals surface area contributed by atoms with E-state index in [-0.39, 0.29) is 11.5 Å². The maximum Gasteiger partial charge on any atom is 0.181 e. The molecule has 0 radical (unpaired) electrons. The Morgan fingerprint density at radius 2 is 1.73 bits per heavy atom. The van der Waals surface area contributed by atoms with Crippen molar-refractivity contribution in [2.24, 2.45) is 0 Å². The summed E-state index contributed by atoms with van der Waals surface area (Å²) in [6, 6.07) is 12.6. The minimum atomic E-state index is -3.56. The summed E-state index contributed by atoms with van der Waals surface area (Å²) in [5.41, 5.74) is 0. The van der Waals surface area contributed by atoms with E-state index in [0.29, 0.717) is 15.8 Å². The molecule has 2 aromatic rings. The highest BCUT2D eigenvalue weighted by molar-refractivity contribution is 7.91. The van der Waals surface area contributed by atoms with Crippen molar-refractivity contribution in [3.8, 4) is 5.75 Å². The Kier molecular flexibility index (Phi) is 5.69. The molecule has 0 amide bonds. The molecular weight excluding hydrogens is 347 g/mol. The Hall–Kier alpha value is -1.27. The second kappa shape index (κ2) is 7.33. The molecule has 118 valence electrons. The molecule has 0 bridgehead atoms. The molecule has 1 N–H and O–H groups in total. The van der Waals surface area contributed by atoms with E-state index in [4.69, 9.17) is 27.9 Å². The number of aliphatic hydroxyl groups is 1. The maximum absolute atomic E-state index is 12.1. The van der Waals surface area contributed by atoms with E-state index in [2.05, 4.69) is 0 Å². The summed E-state index contributed by atoms with van der Waals surface area (Å²) < 4.78 is 29.5. The summed E-state index contributed by atoms with van der Waals surface area (Å²) in [5, 5.41) is 10.6. The lowest BCUT2D eigenvalue weighted by Gasteiger charge is -2.13. The topological polar surface area (TPSA) is 63.6 Å². The van der Waals surface area contributed by atoms with Gasteiger partial charge in [0.2, 0.25) is 0 Å². The van der Waals surface area contributed by atoms with Crippen molar-refractivity contribution in [3.63, 3.8) is 0 Å². The van der Waals surface area contributed by atoms with Crippen LogP contribution in [0.15, 0.2) is 53.4 Å². The monoisotopic (exact) mass is 360 g/mol. The van der Waals surface area contributed by atoms with Crippen LogP contribution in [0.25, 0.3) is 0 Å². The Morgan fingerprint density at radius 3 is 2.36 bits per heavy atom. The molecule has 0 aliphatic heterocycles. The zero-order chi connectivity index (χ0) is 16.2. The van der Waals surface area contributed by atoms with Crippen molar-refractivity contribution in [2.75, 3.05) is 12.4 Å². The van der Waals surface area contributed by atoms with Gasteiger partial charge in [0, 0.05) is 6.07 Å². The van der Waals surface area contributed by atoms with Crippen molar-refractivity contribution >= 4 is 33.0 Å². The molecule has 22 heavy (non-hydrogen) atoms. The molecule has 1 unspecified atom stereocenters. The number of ether oxygens (including phenoxy) is 1. The molecule has 4 nitrogen and oxygen atoms in total. The number of aliphatic hydroxyl groups excluding tert-OH is 1. The molecule has 7 heteroatoms. The van der Waals surface area contributed by atoms with E-state index in [9.17, 15) is 13.5 Å². The van der Waals surface area contributed by atoms with Gasteiger partial charge in [0.25, 0.3) is 0 Å². The summed E-state index contributed by atoms with van der Waals surface area (Å²) in [7, 11) is -3.56. The predicted molar refractivity (Wildman–Crippen MR) is 86.5 cm³/mol. The van der Waals surface area contributed by atoms with Crippen molar-refractivity contribution in [1.29, 1.82) is 0 Å². The lowest BCUT2D eigenvalue weighted by atomic mass is 10.3. The molecule has 0 saturated heterocycles. The highest BCUT2D eigenvalue weighted by atomic mass is 35.5. The normalized spacial score (nSPS) is 12.9. The summed E-state index contributed by atoms with van der Waals surface area (Å²) in [6.45, 7) is -0.163. The molecule has 0 aromatic heterocycles. The van der Waals surface area contributed by atoms with Crippen LogP contribution >= 0.6 is 23.2 Å². The summed E-state index contributed by atoms with van der Waals surface area (Å²) in [6.07, 6.45) is -1.15. The zero-order valence-electron chi connectivity index (χ0n) is 11.4. The Labute approximate surface area is 139 Å². The molecular formula is C15H14Cl2O4S. The third-order valence-electron chi connectivity index (χ3n) is 2.85. The van der Waals surface area contributed by atoms with Gasteiger partial charge in [-0.15, -0.1) is 0 Å².